The Hall–Kier alpha value is -13.3. The van der Waals surface area contributed by atoms with Gasteiger partial charge in [-0.05, 0) is 153 Å². The zero-order valence-electron chi connectivity index (χ0n) is 54.7. The summed E-state index contributed by atoms with van der Waals surface area (Å²) in [6.07, 6.45) is 5.54. The van der Waals surface area contributed by atoms with Crippen LogP contribution in [0.4, 0.5) is 0 Å². The summed E-state index contributed by atoms with van der Waals surface area (Å²) < 4.78 is 0. The Bertz CT molecular complexity index is 5520. The second kappa shape index (κ2) is 27.1. The number of aromatic nitrogens is 4. The van der Waals surface area contributed by atoms with Crippen molar-refractivity contribution in [3.05, 3.63) is 389 Å². The van der Waals surface area contributed by atoms with Gasteiger partial charge in [0.2, 0.25) is 0 Å². The molecule has 0 aliphatic heterocycles. The summed E-state index contributed by atoms with van der Waals surface area (Å²) in [6, 6.07) is 132. The summed E-state index contributed by atoms with van der Waals surface area (Å²) in [7, 11) is 0. The first kappa shape index (κ1) is 60.4. The van der Waals surface area contributed by atoms with Crippen LogP contribution < -0.4 is 0 Å². The fourth-order valence-corrected chi connectivity index (χ4v) is 14.0. The van der Waals surface area contributed by atoms with Crippen LogP contribution in [0.15, 0.2) is 389 Å². The molecular weight excluding hydrogens is 1210 g/mol. The average molecular weight is 1270 g/mol. The van der Waals surface area contributed by atoms with Gasteiger partial charge < -0.3 is 0 Å². The van der Waals surface area contributed by atoms with Crippen LogP contribution in [0.2, 0.25) is 0 Å². The molecule has 0 atom stereocenters. The number of rotatable bonds is 12. The van der Waals surface area contributed by atoms with Crippen molar-refractivity contribution in [3.8, 4) is 134 Å². The first-order valence-electron chi connectivity index (χ1n) is 34.0. The van der Waals surface area contributed by atoms with Gasteiger partial charge in [-0.15, -0.1) is 0 Å². The third-order valence-electron chi connectivity index (χ3n) is 19.2. The lowest BCUT2D eigenvalue weighted by Crippen LogP contribution is -1.94. The van der Waals surface area contributed by atoms with Crippen LogP contribution in [0.1, 0.15) is 0 Å². The topological polar surface area (TPSA) is 51.6 Å². The molecule has 0 fully saturated rings. The maximum Gasteiger partial charge on any atom is 0.0794 e. The highest BCUT2D eigenvalue weighted by atomic mass is 14.7. The van der Waals surface area contributed by atoms with Crippen LogP contribution in [-0.4, -0.2) is 19.9 Å². The van der Waals surface area contributed by atoms with Crippen LogP contribution in [0.5, 0.6) is 0 Å². The molecule has 0 amide bonds. The summed E-state index contributed by atoms with van der Waals surface area (Å²) in [5, 5.41) is 6.92. The minimum atomic E-state index is 0.942. The van der Waals surface area contributed by atoms with Crippen molar-refractivity contribution in [1.82, 2.24) is 19.9 Å². The molecule has 0 unspecified atom stereocenters. The molecule has 0 bridgehead atoms. The van der Waals surface area contributed by atoms with Crippen LogP contribution >= 0.6 is 0 Å². The number of pyridine rings is 4. The molecule has 4 heteroatoms. The molecule has 468 valence electrons. The lowest BCUT2D eigenvalue weighted by Gasteiger charge is -2.16. The molecule has 18 rings (SSSR count). The summed E-state index contributed by atoms with van der Waals surface area (Å²) in [6.45, 7) is 0. The molecule has 4 aromatic heterocycles. The van der Waals surface area contributed by atoms with Crippen molar-refractivity contribution in [1.29, 1.82) is 0 Å². The van der Waals surface area contributed by atoms with E-state index in [1.807, 2.05) is 36.7 Å². The van der Waals surface area contributed by atoms with Gasteiger partial charge in [0.25, 0.3) is 0 Å². The summed E-state index contributed by atoms with van der Waals surface area (Å²) in [4.78, 5) is 19.7. The fourth-order valence-electron chi connectivity index (χ4n) is 14.0. The third-order valence-corrected chi connectivity index (χ3v) is 19.2. The molecule has 14 aromatic carbocycles. The number of benzene rings is 14. The van der Waals surface area contributed by atoms with Gasteiger partial charge >= 0.3 is 0 Å². The molecule has 0 radical (unpaired) electrons. The van der Waals surface area contributed by atoms with E-state index < -0.39 is 0 Å². The highest BCUT2D eigenvalue weighted by Crippen LogP contribution is 2.44. The normalized spacial score (nSPS) is 11.2. The highest BCUT2D eigenvalue weighted by molar-refractivity contribution is 6.18. The van der Waals surface area contributed by atoms with Crippen LogP contribution in [0.25, 0.3) is 177 Å². The Kier molecular flexibility index (Phi) is 16.4. The van der Waals surface area contributed by atoms with Crippen molar-refractivity contribution in [2.24, 2.45) is 0 Å². The van der Waals surface area contributed by atoms with Gasteiger partial charge in [0.1, 0.15) is 0 Å². The number of fused-ring (bicyclic) bond motifs is 6. The van der Waals surface area contributed by atoms with E-state index in [4.69, 9.17) is 9.97 Å². The minimum Gasteiger partial charge on any atom is -0.264 e. The second-order valence-electron chi connectivity index (χ2n) is 25.2. The van der Waals surface area contributed by atoms with Crippen molar-refractivity contribution < 1.29 is 0 Å². The molecule has 4 heterocycles. The minimum absolute atomic E-state index is 0.942. The largest absolute Gasteiger partial charge is 0.264 e. The maximum atomic E-state index is 5.40. The van der Waals surface area contributed by atoms with Gasteiger partial charge in [-0.3, -0.25) is 9.97 Å². The zero-order chi connectivity index (χ0) is 66.6. The van der Waals surface area contributed by atoms with Crippen molar-refractivity contribution in [3.63, 3.8) is 0 Å². The Morgan fingerprint density at radius 2 is 0.430 bits per heavy atom. The molecule has 0 saturated heterocycles. The van der Waals surface area contributed by atoms with E-state index in [0.717, 1.165) is 99.7 Å². The quantitative estimate of drug-likeness (QED) is 0.114. The van der Waals surface area contributed by atoms with E-state index in [1.54, 1.807) is 6.20 Å². The van der Waals surface area contributed by atoms with Crippen molar-refractivity contribution in [2.45, 2.75) is 0 Å². The molecule has 0 spiro atoms. The maximum absolute atomic E-state index is 5.40. The molecule has 100 heavy (non-hydrogen) atoms. The predicted octanol–water partition coefficient (Wildman–Crippen LogP) is 25.6. The highest BCUT2D eigenvalue weighted by Gasteiger charge is 2.20. The van der Waals surface area contributed by atoms with Gasteiger partial charge in [-0.2, -0.15) is 0 Å². The molecule has 0 aliphatic carbocycles. The smallest absolute Gasteiger partial charge is 0.0794 e. The number of nitrogens with zero attached hydrogens (tertiary/aromatic N) is 4. The zero-order valence-corrected chi connectivity index (χ0v) is 54.7. The Morgan fingerprint density at radius 1 is 0.160 bits per heavy atom. The second-order valence-corrected chi connectivity index (χ2v) is 25.2. The van der Waals surface area contributed by atoms with Crippen molar-refractivity contribution in [2.75, 3.05) is 0 Å². The first-order chi connectivity index (χ1) is 49.6. The number of hydrogen-bond donors (Lipinski definition) is 0. The summed E-state index contributed by atoms with van der Waals surface area (Å²) >= 11 is 0. The standard InChI is InChI=1S/2C48H32N2/c1-3-11-33(12-4-1)35-18-22-37(23-19-35)43-31-45-44(38-24-20-36(21-25-38)34-13-5-2-6-14-34)32-47(50-48(45)42-16-8-7-15-41(42)43)40-28-26-39(27-29-40)46-17-9-10-30-49-46;1-3-10-33(11-4-1)35-17-23-38(24-18-35)44-30-46-45(39-25-19-36(20-26-39)34-12-5-2-6-13-34)31-47(50-48(46)43-16-8-7-15-42(43)44)40-27-21-37(22-28-40)41-14-9-29-49-32-41/h2*1-32H. The predicted molar refractivity (Wildman–Crippen MR) is 419 cm³/mol. The van der Waals surface area contributed by atoms with E-state index >= 15 is 0 Å². The Labute approximate surface area is 582 Å². The SMILES string of the molecule is c1ccc(-c2ccc(-c3cc4c(-c5ccc(-c6ccccc6)cc5)cc(-c5ccc(-c6ccccn6)cc5)nc4c4ccccc34)cc2)cc1.c1ccc(-c2ccc(-c3cc4c(-c5ccc(-c6ccccc6)cc5)cc(-c5ccc(-c6cccnc6)cc5)nc4c4ccccc34)cc2)cc1. The van der Waals surface area contributed by atoms with Gasteiger partial charge in [0, 0.05) is 56.8 Å². The molecular formula is C96H64N4. The van der Waals surface area contributed by atoms with Crippen molar-refractivity contribution >= 4 is 43.4 Å². The lowest BCUT2D eigenvalue weighted by molar-refractivity contribution is 1.32. The molecule has 0 N–H and O–H groups in total. The van der Waals surface area contributed by atoms with E-state index in [2.05, 4.69) is 356 Å². The van der Waals surface area contributed by atoms with E-state index in [9.17, 15) is 0 Å². The van der Waals surface area contributed by atoms with Gasteiger partial charge in [-0.1, -0.05) is 328 Å². The van der Waals surface area contributed by atoms with E-state index in [0.29, 0.717) is 0 Å². The fraction of sp³-hybridized carbons (Fsp3) is 0. The average Bonchev–Trinajstić information content (AvgIpc) is 0.747. The summed E-state index contributed by atoms with van der Waals surface area (Å²) in [5.74, 6) is 0. The monoisotopic (exact) mass is 1270 g/mol. The van der Waals surface area contributed by atoms with E-state index in [-0.39, 0.29) is 0 Å². The van der Waals surface area contributed by atoms with Crippen LogP contribution in [-0.2, 0) is 0 Å². The third kappa shape index (κ3) is 12.2. The Balaban J connectivity index is 0.000000150. The van der Waals surface area contributed by atoms with Gasteiger partial charge in [-0.25, -0.2) is 9.97 Å². The molecule has 0 saturated carbocycles. The van der Waals surface area contributed by atoms with Gasteiger partial charge in [0.05, 0.1) is 28.1 Å². The summed E-state index contributed by atoms with van der Waals surface area (Å²) in [5.41, 5.74) is 29.4. The first-order valence-corrected chi connectivity index (χ1v) is 34.0. The number of hydrogen-bond acceptors (Lipinski definition) is 4. The van der Waals surface area contributed by atoms with Gasteiger partial charge in [0.15, 0.2) is 0 Å². The molecule has 4 nitrogen and oxygen atoms in total. The molecule has 18 aromatic rings. The lowest BCUT2D eigenvalue weighted by atomic mass is 9.90. The Morgan fingerprint density at radius 3 is 0.760 bits per heavy atom. The molecule has 0 aliphatic rings. The van der Waals surface area contributed by atoms with Crippen LogP contribution in [0.3, 0.4) is 0 Å². The van der Waals surface area contributed by atoms with Crippen LogP contribution in [0, 0.1) is 0 Å². The van der Waals surface area contributed by atoms with E-state index in [1.165, 1.54) is 77.5 Å².